The van der Waals surface area contributed by atoms with E-state index in [0.717, 1.165) is 25.8 Å². The first kappa shape index (κ1) is 34.4. The van der Waals surface area contributed by atoms with Gasteiger partial charge >= 0.3 is 18.2 Å². The van der Waals surface area contributed by atoms with Crippen LogP contribution in [0.3, 0.4) is 0 Å². The van der Waals surface area contributed by atoms with E-state index in [4.69, 9.17) is 21.1 Å². The molecule has 0 bridgehead atoms. The molecule has 44 heavy (non-hydrogen) atoms. The summed E-state index contributed by atoms with van der Waals surface area (Å²) < 4.78 is 41.6. The third-order valence-electron chi connectivity index (χ3n) is 6.31. The Morgan fingerprint density at radius 2 is 1.61 bits per heavy atom. The molecular weight excluding hydrogens is 612 g/mol. The van der Waals surface area contributed by atoms with Crippen molar-refractivity contribution in [3.63, 3.8) is 0 Å². The molecule has 2 amide bonds. The van der Waals surface area contributed by atoms with Crippen LogP contribution in [0.25, 0.3) is 0 Å². The lowest BCUT2D eigenvalue weighted by atomic mass is 10.1. The zero-order valence-electron chi connectivity index (χ0n) is 25.0. The normalized spacial score (nSPS) is 12.2. The fourth-order valence-electron chi connectivity index (χ4n) is 4.09. The minimum absolute atomic E-state index is 0.0213. The summed E-state index contributed by atoms with van der Waals surface area (Å²) in [7, 11) is -1.79. The van der Waals surface area contributed by atoms with Gasteiger partial charge in [-0.05, 0) is 80.8 Å². The molecule has 3 aromatic rings. The summed E-state index contributed by atoms with van der Waals surface area (Å²) in [5.41, 5.74) is 0.367. The van der Waals surface area contributed by atoms with E-state index in [0.29, 0.717) is 17.0 Å². The average Bonchev–Trinajstić information content (AvgIpc) is 2.98. The van der Waals surface area contributed by atoms with Crippen LogP contribution in [-0.4, -0.2) is 69.5 Å². The Bertz CT molecular complexity index is 1600. The Kier molecular flexibility index (Phi) is 11.4. The summed E-state index contributed by atoms with van der Waals surface area (Å²) in [5, 5.41) is 13.6. The van der Waals surface area contributed by atoms with E-state index in [1.54, 1.807) is 57.2 Å². The number of carbonyl (C=O) groups excluding carboxylic acids is 3. The van der Waals surface area contributed by atoms with Crippen molar-refractivity contribution in [2.45, 2.75) is 48.7 Å². The summed E-state index contributed by atoms with van der Waals surface area (Å²) >= 11 is 6.06. The maximum absolute atomic E-state index is 13.4. The van der Waals surface area contributed by atoms with Crippen LogP contribution in [0.4, 0.5) is 15.3 Å². The van der Waals surface area contributed by atoms with E-state index in [-0.39, 0.29) is 34.1 Å². The van der Waals surface area contributed by atoms with Gasteiger partial charge in [-0.15, -0.1) is 0 Å². The van der Waals surface area contributed by atoms with Crippen molar-refractivity contribution in [1.82, 2.24) is 4.90 Å². The Morgan fingerprint density at radius 1 is 0.955 bits per heavy atom. The largest absolute Gasteiger partial charge is 0.465 e. The van der Waals surface area contributed by atoms with Gasteiger partial charge in [0.25, 0.3) is 0 Å². The van der Waals surface area contributed by atoms with E-state index < -0.39 is 39.7 Å². The first-order chi connectivity index (χ1) is 20.6. The molecule has 13 heteroatoms. The highest BCUT2D eigenvalue weighted by Gasteiger charge is 2.26. The fraction of sp³-hybridized carbons (Fsp3) is 0.323. The van der Waals surface area contributed by atoms with Crippen molar-refractivity contribution >= 4 is 45.3 Å². The molecule has 0 aromatic heterocycles. The number of esters is 1. The van der Waals surface area contributed by atoms with Crippen LogP contribution in [0.15, 0.2) is 76.5 Å². The number of ether oxygens (including phenoxy) is 3. The van der Waals surface area contributed by atoms with Crippen molar-refractivity contribution in [2.75, 3.05) is 32.6 Å². The van der Waals surface area contributed by atoms with Crippen LogP contribution in [0.1, 0.15) is 48.4 Å². The number of sulfone groups is 1. The smallest absolute Gasteiger partial charge is 0.411 e. The molecule has 0 aliphatic heterocycles. The van der Waals surface area contributed by atoms with Crippen LogP contribution in [-0.2, 0) is 30.5 Å². The van der Waals surface area contributed by atoms with E-state index in [1.165, 1.54) is 29.2 Å². The third kappa shape index (κ3) is 9.18. The molecule has 0 aliphatic rings. The van der Waals surface area contributed by atoms with Crippen LogP contribution in [0.5, 0.6) is 0 Å². The molecule has 0 aliphatic carbocycles. The molecule has 0 fully saturated rings. The molecule has 0 unspecified atom stereocenters. The van der Waals surface area contributed by atoms with Gasteiger partial charge in [0, 0.05) is 11.6 Å². The van der Waals surface area contributed by atoms with E-state index >= 15 is 0 Å². The minimum atomic E-state index is -4.07. The quantitative estimate of drug-likeness (QED) is 0.210. The highest BCUT2D eigenvalue weighted by atomic mass is 35.5. The van der Waals surface area contributed by atoms with Gasteiger partial charge < -0.3 is 24.2 Å². The standard InChI is InChI=1S/C31H35ClN2O9S/c1-31(2,3)43-30(38)34(19-27(35)21-7-6-8-22(32)17-21)16-15-20-9-11-23(12-10-20)44(39,40)24-13-14-26(33-29(37)42-5)25(18-24)28(36)41-4/h6-14,17-18,27,35H,15-16,19H2,1-5H3,(H,33,37)/t27-/m1/s1. The number of rotatable bonds is 10. The molecule has 0 spiro atoms. The zero-order valence-corrected chi connectivity index (χ0v) is 26.6. The topological polar surface area (TPSA) is 149 Å². The van der Waals surface area contributed by atoms with Gasteiger partial charge in [-0.3, -0.25) is 5.32 Å². The third-order valence-corrected chi connectivity index (χ3v) is 8.31. The number of aliphatic hydroxyl groups excluding tert-OH is 1. The van der Waals surface area contributed by atoms with Crippen molar-refractivity contribution in [3.05, 3.63) is 88.4 Å². The van der Waals surface area contributed by atoms with Crippen LogP contribution in [0, 0.1) is 0 Å². The van der Waals surface area contributed by atoms with Gasteiger partial charge in [0.1, 0.15) is 5.60 Å². The number of nitrogens with one attached hydrogen (secondary N) is 1. The number of hydrogen-bond donors (Lipinski definition) is 2. The number of anilines is 1. The van der Waals surface area contributed by atoms with E-state index in [1.807, 2.05) is 0 Å². The molecule has 2 N–H and O–H groups in total. The number of benzene rings is 3. The molecule has 0 saturated heterocycles. The van der Waals surface area contributed by atoms with Gasteiger partial charge in [-0.1, -0.05) is 35.9 Å². The predicted octanol–water partition coefficient (Wildman–Crippen LogP) is 5.65. The fourth-order valence-corrected chi connectivity index (χ4v) is 5.57. The molecule has 3 rings (SSSR count). The summed E-state index contributed by atoms with van der Waals surface area (Å²) in [6, 6.07) is 16.4. The Labute approximate surface area is 261 Å². The van der Waals surface area contributed by atoms with Gasteiger partial charge in [0.05, 0.1) is 47.9 Å². The lowest BCUT2D eigenvalue weighted by Crippen LogP contribution is -2.40. The van der Waals surface area contributed by atoms with Crippen molar-refractivity contribution in [1.29, 1.82) is 0 Å². The number of aliphatic hydroxyl groups is 1. The Morgan fingerprint density at radius 3 is 2.20 bits per heavy atom. The number of hydrogen-bond acceptors (Lipinski definition) is 9. The SMILES string of the molecule is COC(=O)Nc1ccc(S(=O)(=O)c2ccc(CCN(C[C@@H](O)c3cccc(Cl)c3)C(=O)OC(C)(C)C)cc2)cc1C(=O)OC. The maximum Gasteiger partial charge on any atom is 0.411 e. The zero-order chi connectivity index (χ0) is 32.7. The van der Waals surface area contributed by atoms with Crippen molar-refractivity contribution < 1.29 is 42.1 Å². The molecule has 236 valence electrons. The lowest BCUT2D eigenvalue weighted by Gasteiger charge is -2.29. The monoisotopic (exact) mass is 646 g/mol. The first-order valence-corrected chi connectivity index (χ1v) is 15.3. The molecule has 0 heterocycles. The van der Waals surface area contributed by atoms with Gasteiger partial charge in [0.15, 0.2) is 0 Å². The molecular formula is C31H35ClN2O9S. The van der Waals surface area contributed by atoms with Gasteiger partial charge in [0.2, 0.25) is 9.84 Å². The highest BCUT2D eigenvalue weighted by Crippen LogP contribution is 2.27. The van der Waals surface area contributed by atoms with Crippen LogP contribution < -0.4 is 5.32 Å². The summed E-state index contributed by atoms with van der Waals surface area (Å²) in [5.74, 6) is -0.848. The summed E-state index contributed by atoms with van der Waals surface area (Å²) in [6.07, 6.45) is -2.13. The van der Waals surface area contributed by atoms with Crippen molar-refractivity contribution in [2.24, 2.45) is 0 Å². The number of halogens is 1. The Balaban J connectivity index is 1.80. The number of methoxy groups -OCH3 is 2. The molecule has 1 atom stereocenters. The maximum atomic E-state index is 13.4. The average molecular weight is 647 g/mol. The van der Waals surface area contributed by atoms with Crippen molar-refractivity contribution in [3.8, 4) is 0 Å². The highest BCUT2D eigenvalue weighted by molar-refractivity contribution is 7.91. The minimum Gasteiger partial charge on any atom is -0.465 e. The second-order valence-corrected chi connectivity index (χ2v) is 13.1. The molecule has 11 nitrogen and oxygen atoms in total. The molecule has 0 saturated carbocycles. The van der Waals surface area contributed by atoms with Crippen LogP contribution >= 0.6 is 11.6 Å². The van der Waals surface area contributed by atoms with E-state index in [9.17, 15) is 27.9 Å². The summed E-state index contributed by atoms with van der Waals surface area (Å²) in [4.78, 5) is 38.1. The van der Waals surface area contributed by atoms with Gasteiger partial charge in [-0.2, -0.15) is 0 Å². The second-order valence-electron chi connectivity index (χ2n) is 10.7. The number of carbonyl (C=O) groups is 3. The lowest BCUT2D eigenvalue weighted by molar-refractivity contribution is 0.0147. The molecule has 0 radical (unpaired) electrons. The van der Waals surface area contributed by atoms with Crippen LogP contribution in [0.2, 0.25) is 5.02 Å². The van der Waals surface area contributed by atoms with Gasteiger partial charge in [-0.25, -0.2) is 22.8 Å². The Hall–Kier alpha value is -4.13. The second kappa shape index (κ2) is 14.6. The van der Waals surface area contributed by atoms with E-state index in [2.05, 4.69) is 10.1 Å². The summed E-state index contributed by atoms with van der Waals surface area (Å²) in [6.45, 7) is 5.35. The number of nitrogens with zero attached hydrogens (tertiary/aromatic N) is 1. The predicted molar refractivity (Wildman–Crippen MR) is 164 cm³/mol. The molecule has 3 aromatic carbocycles. The first-order valence-electron chi connectivity index (χ1n) is 13.5. The number of amides is 2.